The van der Waals surface area contributed by atoms with Crippen molar-refractivity contribution < 1.29 is 28.2 Å². The van der Waals surface area contributed by atoms with Gasteiger partial charge in [0.1, 0.15) is 0 Å². The SMILES string of the molecule is CCc1cc(Nc2nccn3c(-c4ccc(OC)c(F)c4F)cnc23)ccc1C(=O)NCC(O)CNC(=O)[C@H](N)CCN. The molecule has 0 bridgehead atoms. The summed E-state index contributed by atoms with van der Waals surface area (Å²) >= 11 is 0. The van der Waals surface area contributed by atoms with Crippen LogP contribution in [-0.2, 0) is 11.2 Å². The number of aliphatic hydroxyl groups is 1. The van der Waals surface area contributed by atoms with Crippen LogP contribution < -0.4 is 32.2 Å². The zero-order chi connectivity index (χ0) is 31.1. The minimum Gasteiger partial charge on any atom is -0.494 e. The molecule has 1 unspecified atom stereocenters. The number of aliphatic hydroxyl groups excluding tert-OH is 1. The number of nitrogens with two attached hydrogens (primary N) is 2. The second-order valence-electron chi connectivity index (χ2n) is 9.70. The van der Waals surface area contributed by atoms with Gasteiger partial charge in [-0.1, -0.05) is 6.92 Å². The Bertz CT molecular complexity index is 1610. The van der Waals surface area contributed by atoms with Gasteiger partial charge in [0.2, 0.25) is 11.7 Å². The van der Waals surface area contributed by atoms with Gasteiger partial charge in [0.25, 0.3) is 5.91 Å². The van der Waals surface area contributed by atoms with E-state index in [1.165, 1.54) is 31.6 Å². The summed E-state index contributed by atoms with van der Waals surface area (Å²) in [7, 11) is 1.26. The highest BCUT2D eigenvalue weighted by atomic mass is 19.2. The summed E-state index contributed by atoms with van der Waals surface area (Å²) in [4.78, 5) is 33.5. The van der Waals surface area contributed by atoms with Crippen LogP contribution in [-0.4, -0.2) is 70.2 Å². The van der Waals surface area contributed by atoms with Crippen LogP contribution in [0.25, 0.3) is 16.9 Å². The Hall–Kier alpha value is -4.66. The lowest BCUT2D eigenvalue weighted by Crippen LogP contribution is -2.46. The maximum Gasteiger partial charge on any atom is 0.251 e. The second kappa shape index (κ2) is 14.0. The minimum atomic E-state index is -1.09. The fraction of sp³-hybridized carbons (Fsp3) is 0.310. The van der Waals surface area contributed by atoms with Crippen LogP contribution in [0.3, 0.4) is 0 Å². The first kappa shape index (κ1) is 31.3. The zero-order valence-electron chi connectivity index (χ0n) is 23.7. The number of ether oxygens (including phenoxy) is 1. The van der Waals surface area contributed by atoms with E-state index >= 15 is 0 Å². The van der Waals surface area contributed by atoms with Gasteiger partial charge in [-0.15, -0.1) is 0 Å². The van der Waals surface area contributed by atoms with Crippen molar-refractivity contribution in [3.05, 3.63) is 71.7 Å². The predicted octanol–water partition coefficient (Wildman–Crippen LogP) is 1.87. The third-order valence-corrected chi connectivity index (χ3v) is 6.79. The Balaban J connectivity index is 1.46. The monoisotopic (exact) mass is 596 g/mol. The molecule has 0 aliphatic heterocycles. The average Bonchev–Trinajstić information content (AvgIpc) is 3.44. The van der Waals surface area contributed by atoms with E-state index in [0.717, 1.165) is 5.56 Å². The molecule has 2 aromatic heterocycles. The van der Waals surface area contributed by atoms with Crippen LogP contribution in [0.2, 0.25) is 0 Å². The molecule has 8 N–H and O–H groups in total. The van der Waals surface area contributed by atoms with Crippen LogP contribution in [0.1, 0.15) is 29.3 Å². The van der Waals surface area contributed by atoms with Crippen molar-refractivity contribution in [2.75, 3.05) is 32.1 Å². The molecule has 0 saturated carbocycles. The molecule has 2 aromatic carbocycles. The highest BCUT2D eigenvalue weighted by Gasteiger charge is 2.20. The number of imidazole rings is 1. The number of fused-ring (bicyclic) bond motifs is 1. The normalized spacial score (nSPS) is 12.5. The Kier molecular flexibility index (Phi) is 10.2. The molecule has 0 aliphatic rings. The number of carbonyl (C=O) groups is 2. The van der Waals surface area contributed by atoms with Crippen molar-refractivity contribution in [1.29, 1.82) is 0 Å². The summed E-state index contributed by atoms with van der Waals surface area (Å²) < 4.78 is 35.6. The summed E-state index contributed by atoms with van der Waals surface area (Å²) in [5, 5.41) is 18.6. The number of nitrogens with zero attached hydrogens (tertiary/aromatic N) is 3. The topological polar surface area (TPSA) is 182 Å². The van der Waals surface area contributed by atoms with Gasteiger partial charge in [-0.3, -0.25) is 14.0 Å². The third-order valence-electron chi connectivity index (χ3n) is 6.79. The Morgan fingerprint density at radius 3 is 2.60 bits per heavy atom. The van der Waals surface area contributed by atoms with E-state index in [-0.39, 0.29) is 36.9 Å². The number of halogens is 2. The number of hydrogen-bond donors (Lipinski definition) is 6. The number of aromatic nitrogens is 3. The first-order valence-electron chi connectivity index (χ1n) is 13.6. The molecule has 43 heavy (non-hydrogen) atoms. The predicted molar refractivity (Wildman–Crippen MR) is 157 cm³/mol. The van der Waals surface area contributed by atoms with E-state index in [9.17, 15) is 23.5 Å². The van der Waals surface area contributed by atoms with Crippen LogP contribution in [0.5, 0.6) is 5.75 Å². The smallest absolute Gasteiger partial charge is 0.251 e. The number of methoxy groups -OCH3 is 1. The molecule has 0 radical (unpaired) electrons. The maximum atomic E-state index is 14.8. The summed E-state index contributed by atoms with van der Waals surface area (Å²) in [6, 6.07) is 7.12. The Morgan fingerprint density at radius 2 is 1.88 bits per heavy atom. The molecule has 228 valence electrons. The lowest BCUT2D eigenvalue weighted by molar-refractivity contribution is -0.122. The molecule has 0 fully saturated rings. The van der Waals surface area contributed by atoms with Crippen molar-refractivity contribution in [3.63, 3.8) is 0 Å². The lowest BCUT2D eigenvalue weighted by atomic mass is 10.0. The summed E-state index contributed by atoms with van der Waals surface area (Å²) in [6.45, 7) is 2.01. The van der Waals surface area contributed by atoms with E-state index in [4.69, 9.17) is 16.2 Å². The highest BCUT2D eigenvalue weighted by Crippen LogP contribution is 2.31. The number of anilines is 2. The van der Waals surface area contributed by atoms with Gasteiger partial charge in [0.05, 0.1) is 31.1 Å². The van der Waals surface area contributed by atoms with E-state index in [2.05, 4.69) is 25.9 Å². The molecular formula is C29H34F2N8O4. The van der Waals surface area contributed by atoms with Gasteiger partial charge in [-0.05, 0) is 55.3 Å². The van der Waals surface area contributed by atoms with Crippen molar-refractivity contribution in [3.8, 4) is 17.0 Å². The Morgan fingerprint density at radius 1 is 1.12 bits per heavy atom. The molecule has 2 heterocycles. The largest absolute Gasteiger partial charge is 0.494 e. The quantitative estimate of drug-likeness (QED) is 0.134. The van der Waals surface area contributed by atoms with E-state index < -0.39 is 29.7 Å². The number of aryl methyl sites for hydroxylation is 1. The molecule has 4 rings (SSSR count). The van der Waals surface area contributed by atoms with E-state index in [1.54, 1.807) is 28.8 Å². The summed E-state index contributed by atoms with van der Waals surface area (Å²) in [5.41, 5.74) is 13.6. The third kappa shape index (κ3) is 7.05. The van der Waals surface area contributed by atoms with Gasteiger partial charge in [-0.25, -0.2) is 14.4 Å². The highest BCUT2D eigenvalue weighted by molar-refractivity contribution is 5.96. The number of carbonyl (C=O) groups excluding carboxylic acids is 2. The maximum absolute atomic E-state index is 14.8. The van der Waals surface area contributed by atoms with Crippen molar-refractivity contribution in [2.45, 2.75) is 31.9 Å². The van der Waals surface area contributed by atoms with Crippen LogP contribution in [0.15, 0.2) is 48.9 Å². The number of hydrogen-bond acceptors (Lipinski definition) is 9. The fourth-order valence-corrected chi connectivity index (χ4v) is 4.45. The zero-order valence-corrected chi connectivity index (χ0v) is 23.7. The number of amides is 2. The van der Waals surface area contributed by atoms with E-state index in [1.807, 2.05) is 6.92 Å². The number of rotatable bonds is 13. The second-order valence-corrected chi connectivity index (χ2v) is 9.70. The standard InChI is InChI=1S/C29H34F2N8O4/c1-3-16-12-17(4-5-19(16)28(41)36-13-18(40)14-37-29(42)21(33)8-9-32)38-26-27-35-15-22(39(27)11-10-34-26)20-6-7-23(43-2)25(31)24(20)30/h4-7,10-12,15,18,21,40H,3,8-9,13-14,32-33H2,1-2H3,(H,34,38)(H,36,41)(H,37,42)/t18?,21-/m1/s1. The minimum absolute atomic E-state index is 0.00857. The van der Waals surface area contributed by atoms with Crippen molar-refractivity contribution in [2.24, 2.45) is 11.5 Å². The molecule has 0 aliphatic carbocycles. The number of nitrogens with one attached hydrogen (secondary N) is 3. The average molecular weight is 597 g/mol. The number of benzene rings is 2. The molecule has 14 heteroatoms. The van der Waals surface area contributed by atoms with Crippen LogP contribution >= 0.6 is 0 Å². The molecular weight excluding hydrogens is 562 g/mol. The summed E-state index contributed by atoms with van der Waals surface area (Å²) in [6.07, 6.45) is 4.35. The van der Waals surface area contributed by atoms with E-state index in [0.29, 0.717) is 41.3 Å². The van der Waals surface area contributed by atoms with Gasteiger partial charge in [0.15, 0.2) is 23.0 Å². The fourth-order valence-electron chi connectivity index (χ4n) is 4.45. The molecule has 2 amide bonds. The molecule has 4 aromatic rings. The van der Waals surface area contributed by atoms with Crippen LogP contribution in [0, 0.1) is 11.6 Å². The molecule has 0 spiro atoms. The van der Waals surface area contributed by atoms with Gasteiger partial charge >= 0.3 is 0 Å². The molecule has 0 saturated heterocycles. The molecule has 12 nitrogen and oxygen atoms in total. The van der Waals surface area contributed by atoms with Gasteiger partial charge < -0.3 is 37.3 Å². The van der Waals surface area contributed by atoms with Gasteiger partial charge in [-0.2, -0.15) is 4.39 Å². The first-order valence-corrected chi connectivity index (χ1v) is 13.6. The van der Waals surface area contributed by atoms with Gasteiger partial charge in [0, 0.05) is 42.3 Å². The van der Waals surface area contributed by atoms with Crippen molar-refractivity contribution in [1.82, 2.24) is 25.0 Å². The van der Waals surface area contributed by atoms with Crippen LogP contribution in [0.4, 0.5) is 20.3 Å². The summed E-state index contributed by atoms with van der Waals surface area (Å²) in [5.74, 6) is -2.81. The molecule has 2 atom stereocenters. The lowest BCUT2D eigenvalue weighted by Gasteiger charge is -2.16. The van der Waals surface area contributed by atoms with Crippen molar-refractivity contribution >= 4 is 29.0 Å². The Labute approximate surface area is 246 Å². The first-order chi connectivity index (χ1) is 20.7.